The van der Waals surface area contributed by atoms with E-state index in [9.17, 15) is 9.59 Å². The van der Waals surface area contributed by atoms with Crippen LogP contribution in [0.25, 0.3) is 11.0 Å². The van der Waals surface area contributed by atoms with Crippen LogP contribution in [0.1, 0.15) is 24.0 Å². The molecule has 1 amide bonds. The number of rotatable bonds is 4. The van der Waals surface area contributed by atoms with Crippen molar-refractivity contribution < 1.29 is 4.79 Å². The standard InChI is InChI=1S/C19H21N5O2S/c1-3-13-11(2)21-19-24(18(13)26)9-12(10-27-19)17(25)20-8-16-22-14-6-4-5-7-15(14)23-16/h4-7,12H,3,8-10H2,1-2H3,(H,20,25)(H,22,23)/t12-/m1/s1. The maximum absolute atomic E-state index is 12.7. The molecule has 4 rings (SSSR count). The Hall–Kier alpha value is -2.61. The summed E-state index contributed by atoms with van der Waals surface area (Å²) in [6, 6.07) is 7.76. The summed E-state index contributed by atoms with van der Waals surface area (Å²) in [5.41, 5.74) is 3.31. The fourth-order valence-electron chi connectivity index (χ4n) is 3.37. The number of aromatic nitrogens is 4. The Bertz CT molecular complexity index is 1040. The minimum absolute atomic E-state index is 0.0257. The first-order valence-electron chi connectivity index (χ1n) is 9.01. The molecule has 1 aliphatic rings. The van der Waals surface area contributed by atoms with Gasteiger partial charge in [0.2, 0.25) is 5.91 Å². The minimum Gasteiger partial charge on any atom is -0.349 e. The molecule has 0 saturated heterocycles. The summed E-state index contributed by atoms with van der Waals surface area (Å²) in [7, 11) is 0. The van der Waals surface area contributed by atoms with Gasteiger partial charge in [-0.15, -0.1) is 0 Å². The van der Waals surface area contributed by atoms with E-state index in [1.165, 1.54) is 11.8 Å². The lowest BCUT2D eigenvalue weighted by Gasteiger charge is -2.25. The fraction of sp³-hybridized carbons (Fsp3) is 0.368. The first kappa shape index (κ1) is 17.8. The van der Waals surface area contributed by atoms with Crippen molar-refractivity contribution in [2.75, 3.05) is 5.75 Å². The van der Waals surface area contributed by atoms with Gasteiger partial charge in [-0.3, -0.25) is 14.2 Å². The first-order valence-corrected chi connectivity index (χ1v) is 9.99. The van der Waals surface area contributed by atoms with Gasteiger partial charge >= 0.3 is 0 Å². The van der Waals surface area contributed by atoms with Crippen LogP contribution in [0, 0.1) is 12.8 Å². The van der Waals surface area contributed by atoms with Gasteiger partial charge in [0.1, 0.15) is 5.82 Å². The molecule has 1 atom stereocenters. The molecule has 1 aliphatic heterocycles. The van der Waals surface area contributed by atoms with Gasteiger partial charge in [-0.1, -0.05) is 30.8 Å². The molecule has 2 N–H and O–H groups in total. The summed E-state index contributed by atoms with van der Waals surface area (Å²) in [6.07, 6.45) is 0.644. The van der Waals surface area contributed by atoms with Gasteiger partial charge in [-0.05, 0) is 25.5 Å². The van der Waals surface area contributed by atoms with Crippen molar-refractivity contribution in [3.63, 3.8) is 0 Å². The Morgan fingerprint density at radius 2 is 2.19 bits per heavy atom. The predicted molar refractivity (Wildman–Crippen MR) is 105 cm³/mol. The topological polar surface area (TPSA) is 92.7 Å². The number of nitrogens with zero attached hydrogens (tertiary/aromatic N) is 3. The Morgan fingerprint density at radius 3 is 2.96 bits per heavy atom. The summed E-state index contributed by atoms with van der Waals surface area (Å²) < 4.78 is 1.64. The second-order valence-corrected chi connectivity index (χ2v) is 7.64. The fourth-order valence-corrected chi connectivity index (χ4v) is 4.49. The molecule has 8 heteroatoms. The first-order chi connectivity index (χ1) is 13.1. The number of carbonyl (C=O) groups excluding carboxylic acids is 1. The third kappa shape index (κ3) is 3.37. The van der Waals surface area contributed by atoms with Crippen LogP contribution in [0.15, 0.2) is 34.2 Å². The van der Waals surface area contributed by atoms with Crippen molar-refractivity contribution in [1.82, 2.24) is 24.8 Å². The molecule has 27 heavy (non-hydrogen) atoms. The molecule has 3 heterocycles. The van der Waals surface area contributed by atoms with Gasteiger partial charge in [0.05, 0.1) is 23.5 Å². The molecule has 0 saturated carbocycles. The summed E-state index contributed by atoms with van der Waals surface area (Å²) in [4.78, 5) is 37.5. The van der Waals surface area contributed by atoms with Crippen LogP contribution in [0.4, 0.5) is 0 Å². The second-order valence-electron chi connectivity index (χ2n) is 6.65. The van der Waals surface area contributed by atoms with E-state index < -0.39 is 0 Å². The number of H-pyrrole nitrogens is 1. The van der Waals surface area contributed by atoms with Crippen LogP contribution in [-0.4, -0.2) is 31.2 Å². The number of aromatic amines is 1. The minimum atomic E-state index is -0.265. The van der Waals surface area contributed by atoms with Gasteiger partial charge in [-0.2, -0.15) is 0 Å². The van der Waals surface area contributed by atoms with E-state index in [4.69, 9.17) is 0 Å². The van der Waals surface area contributed by atoms with Gasteiger partial charge in [0.25, 0.3) is 5.56 Å². The zero-order valence-electron chi connectivity index (χ0n) is 15.3. The number of hydrogen-bond acceptors (Lipinski definition) is 5. The molecule has 0 spiro atoms. The van der Waals surface area contributed by atoms with E-state index >= 15 is 0 Å². The van der Waals surface area contributed by atoms with Crippen molar-refractivity contribution in [2.45, 2.75) is 38.5 Å². The van der Waals surface area contributed by atoms with Crippen LogP contribution in [-0.2, 0) is 24.3 Å². The number of thioether (sulfide) groups is 1. The molecule has 0 bridgehead atoms. The van der Waals surface area contributed by atoms with Gasteiger partial charge in [0.15, 0.2) is 5.16 Å². The van der Waals surface area contributed by atoms with Crippen molar-refractivity contribution in [2.24, 2.45) is 5.92 Å². The Kier molecular flexibility index (Phi) is 4.73. The van der Waals surface area contributed by atoms with Crippen molar-refractivity contribution in [3.8, 4) is 0 Å². The summed E-state index contributed by atoms with van der Waals surface area (Å²) in [5, 5.41) is 3.64. The quantitative estimate of drug-likeness (QED) is 0.673. The molecule has 0 radical (unpaired) electrons. The highest BCUT2D eigenvalue weighted by Crippen LogP contribution is 2.26. The van der Waals surface area contributed by atoms with E-state index in [0.717, 1.165) is 28.1 Å². The van der Waals surface area contributed by atoms with Crippen molar-refractivity contribution >= 4 is 28.7 Å². The van der Waals surface area contributed by atoms with E-state index in [0.29, 0.717) is 30.4 Å². The number of imidazole rings is 1. The summed E-state index contributed by atoms with van der Waals surface area (Å²) in [5.74, 6) is 0.998. The monoisotopic (exact) mass is 383 g/mol. The molecular formula is C19H21N5O2S. The Labute approximate surface area is 160 Å². The van der Waals surface area contributed by atoms with Gasteiger partial charge in [-0.25, -0.2) is 9.97 Å². The number of aryl methyl sites for hydroxylation is 1. The lowest BCUT2D eigenvalue weighted by atomic mass is 10.1. The van der Waals surface area contributed by atoms with Crippen LogP contribution in [0.5, 0.6) is 0 Å². The Balaban J connectivity index is 1.47. The number of para-hydroxylation sites is 2. The number of carbonyl (C=O) groups is 1. The molecule has 2 aromatic heterocycles. The van der Waals surface area contributed by atoms with Crippen molar-refractivity contribution in [3.05, 3.63) is 51.7 Å². The number of fused-ring (bicyclic) bond motifs is 2. The van der Waals surface area contributed by atoms with Crippen LogP contribution in [0.3, 0.4) is 0 Å². The highest BCUT2D eigenvalue weighted by Gasteiger charge is 2.28. The summed E-state index contributed by atoms with van der Waals surface area (Å²) in [6.45, 7) is 4.52. The van der Waals surface area contributed by atoms with Crippen LogP contribution in [0.2, 0.25) is 0 Å². The maximum Gasteiger partial charge on any atom is 0.257 e. The lowest BCUT2D eigenvalue weighted by Crippen LogP contribution is -2.40. The van der Waals surface area contributed by atoms with Gasteiger partial charge in [0, 0.05) is 23.6 Å². The van der Waals surface area contributed by atoms with E-state index in [1.807, 2.05) is 38.1 Å². The molecular weight excluding hydrogens is 362 g/mol. The third-order valence-electron chi connectivity index (χ3n) is 4.84. The second kappa shape index (κ2) is 7.19. The van der Waals surface area contributed by atoms with Gasteiger partial charge < -0.3 is 10.3 Å². The number of hydrogen-bond donors (Lipinski definition) is 2. The number of benzene rings is 1. The summed E-state index contributed by atoms with van der Waals surface area (Å²) >= 11 is 1.47. The smallest absolute Gasteiger partial charge is 0.257 e. The molecule has 1 aromatic carbocycles. The van der Waals surface area contributed by atoms with E-state index in [1.54, 1.807) is 4.57 Å². The zero-order valence-corrected chi connectivity index (χ0v) is 16.1. The van der Waals surface area contributed by atoms with E-state index in [-0.39, 0.29) is 17.4 Å². The molecule has 3 aromatic rings. The Morgan fingerprint density at radius 1 is 1.37 bits per heavy atom. The van der Waals surface area contributed by atoms with E-state index in [2.05, 4.69) is 20.3 Å². The highest BCUT2D eigenvalue weighted by molar-refractivity contribution is 7.99. The van der Waals surface area contributed by atoms with Crippen LogP contribution < -0.4 is 10.9 Å². The average molecular weight is 383 g/mol. The number of nitrogens with one attached hydrogen (secondary N) is 2. The normalized spacial score (nSPS) is 16.3. The molecule has 7 nitrogen and oxygen atoms in total. The highest BCUT2D eigenvalue weighted by atomic mass is 32.2. The lowest BCUT2D eigenvalue weighted by molar-refractivity contribution is -0.125. The molecule has 0 unspecified atom stereocenters. The number of amides is 1. The zero-order chi connectivity index (χ0) is 19.0. The average Bonchev–Trinajstić information content (AvgIpc) is 3.09. The SMILES string of the molecule is CCc1c(C)nc2n(c1=O)C[C@@H](C(=O)NCc1nc3ccccc3[nH]1)CS2. The maximum atomic E-state index is 12.7. The van der Waals surface area contributed by atoms with Crippen LogP contribution >= 0.6 is 11.8 Å². The molecule has 0 aliphatic carbocycles. The van der Waals surface area contributed by atoms with Crippen molar-refractivity contribution in [1.29, 1.82) is 0 Å². The largest absolute Gasteiger partial charge is 0.349 e. The third-order valence-corrected chi connectivity index (χ3v) is 5.98. The predicted octanol–water partition coefficient (Wildman–Crippen LogP) is 2.03. The molecule has 0 fully saturated rings. The molecule has 140 valence electrons.